The van der Waals surface area contributed by atoms with Crippen molar-refractivity contribution in [2.75, 3.05) is 5.75 Å². The van der Waals surface area contributed by atoms with Crippen LogP contribution in [0.2, 0.25) is 0 Å². The quantitative estimate of drug-likeness (QED) is 0.200. The van der Waals surface area contributed by atoms with Crippen molar-refractivity contribution in [3.8, 4) is 11.1 Å². The molecule has 6 nitrogen and oxygen atoms in total. The van der Waals surface area contributed by atoms with Crippen LogP contribution in [0.25, 0.3) is 11.1 Å². The molecule has 0 saturated carbocycles. The SMILES string of the molecule is C[C@@H]1[C@H](CSc2ccc(C(=O)O)cc2)O[C@H](c2ccc(-c3cccc(CN)c3)cc2)O[C@@H]1c1ccc(CO)cc1. The van der Waals surface area contributed by atoms with E-state index in [1.165, 1.54) is 0 Å². The standard InChI is InChI=1S/C33H33NO5S/c1-21-30(20-40-29-15-13-26(14-16-29)32(36)37)38-33(39-31(21)25-7-5-22(19-35)6-8-25)27-11-9-24(10-12-27)28-4-2-3-23(17-28)18-34/h2-17,21,30-31,33,35H,18-20,34H2,1H3,(H,36,37)/t21-,30+,31+,33+/m1/s1. The number of carboxylic acids is 1. The van der Waals surface area contributed by atoms with Crippen LogP contribution in [-0.2, 0) is 22.6 Å². The summed E-state index contributed by atoms with van der Waals surface area (Å²) in [6.07, 6.45) is -0.873. The van der Waals surface area contributed by atoms with Gasteiger partial charge in [-0.15, -0.1) is 11.8 Å². The number of aromatic carboxylic acids is 1. The minimum atomic E-state index is -0.936. The first kappa shape index (κ1) is 28.1. The normalized spacial score (nSPS) is 20.8. The highest BCUT2D eigenvalue weighted by atomic mass is 32.2. The van der Waals surface area contributed by atoms with Crippen LogP contribution in [0.1, 0.15) is 51.9 Å². The highest BCUT2D eigenvalue weighted by Crippen LogP contribution is 2.43. The summed E-state index contributed by atoms with van der Waals surface area (Å²) in [6.45, 7) is 2.62. The number of carboxylic acid groups (broad SMARTS) is 1. The summed E-state index contributed by atoms with van der Waals surface area (Å²) in [7, 11) is 0. The Morgan fingerprint density at radius 2 is 1.55 bits per heavy atom. The summed E-state index contributed by atoms with van der Waals surface area (Å²) in [5.41, 5.74) is 12.2. The summed E-state index contributed by atoms with van der Waals surface area (Å²) < 4.78 is 13.1. The van der Waals surface area contributed by atoms with E-state index in [1.54, 1.807) is 23.9 Å². The van der Waals surface area contributed by atoms with Crippen molar-refractivity contribution in [1.82, 2.24) is 0 Å². The predicted octanol–water partition coefficient (Wildman–Crippen LogP) is 6.59. The van der Waals surface area contributed by atoms with E-state index in [1.807, 2.05) is 60.7 Å². The smallest absolute Gasteiger partial charge is 0.335 e. The number of ether oxygens (including phenoxy) is 2. The number of hydrogen-bond acceptors (Lipinski definition) is 6. The molecule has 40 heavy (non-hydrogen) atoms. The van der Waals surface area contributed by atoms with E-state index in [2.05, 4.69) is 31.2 Å². The molecule has 1 aliphatic heterocycles. The number of benzene rings is 4. The zero-order valence-electron chi connectivity index (χ0n) is 22.3. The molecule has 4 aromatic rings. The van der Waals surface area contributed by atoms with Gasteiger partial charge in [-0.2, -0.15) is 0 Å². The van der Waals surface area contributed by atoms with Crippen LogP contribution < -0.4 is 5.73 Å². The third kappa shape index (κ3) is 6.46. The van der Waals surface area contributed by atoms with Crippen LogP contribution in [-0.4, -0.2) is 28.0 Å². The molecule has 0 amide bonds. The van der Waals surface area contributed by atoms with Gasteiger partial charge in [0, 0.05) is 28.7 Å². The molecule has 1 heterocycles. The van der Waals surface area contributed by atoms with Crippen molar-refractivity contribution in [3.05, 3.63) is 125 Å². The largest absolute Gasteiger partial charge is 0.478 e. The molecule has 0 aromatic heterocycles. The van der Waals surface area contributed by atoms with Gasteiger partial charge >= 0.3 is 5.97 Å². The second-order valence-corrected chi connectivity index (χ2v) is 11.1. The van der Waals surface area contributed by atoms with Crippen molar-refractivity contribution in [2.45, 2.75) is 43.5 Å². The number of carbonyl (C=O) groups is 1. The lowest BCUT2D eigenvalue weighted by molar-refractivity contribution is -0.268. The molecule has 0 aliphatic carbocycles. The third-order valence-corrected chi connectivity index (χ3v) is 8.42. The summed E-state index contributed by atoms with van der Waals surface area (Å²) in [5.74, 6) is -0.197. The van der Waals surface area contributed by atoms with Crippen LogP contribution in [0.4, 0.5) is 0 Å². The summed E-state index contributed by atoms with van der Waals surface area (Å²) in [4.78, 5) is 12.2. The van der Waals surface area contributed by atoms with Gasteiger partial charge in [0.15, 0.2) is 6.29 Å². The van der Waals surface area contributed by atoms with Gasteiger partial charge in [0.25, 0.3) is 0 Å². The molecule has 1 saturated heterocycles. The summed E-state index contributed by atoms with van der Waals surface area (Å²) in [6, 6.07) is 31.3. The van der Waals surface area contributed by atoms with Crippen LogP contribution >= 0.6 is 11.8 Å². The summed E-state index contributed by atoms with van der Waals surface area (Å²) >= 11 is 1.64. The lowest BCUT2D eigenvalue weighted by Crippen LogP contribution is -2.38. The molecule has 4 aromatic carbocycles. The van der Waals surface area contributed by atoms with E-state index >= 15 is 0 Å². The van der Waals surface area contributed by atoms with Gasteiger partial charge in [-0.1, -0.05) is 73.7 Å². The van der Waals surface area contributed by atoms with E-state index in [4.69, 9.17) is 15.2 Å². The van der Waals surface area contributed by atoms with E-state index in [0.717, 1.165) is 38.3 Å². The molecule has 0 bridgehead atoms. The highest BCUT2D eigenvalue weighted by Gasteiger charge is 2.38. The molecule has 1 fully saturated rings. The Hall–Kier alpha value is -3.46. The molecule has 5 rings (SSSR count). The fourth-order valence-electron chi connectivity index (χ4n) is 4.89. The highest BCUT2D eigenvalue weighted by molar-refractivity contribution is 7.99. The molecule has 206 valence electrons. The lowest BCUT2D eigenvalue weighted by Gasteiger charge is -2.41. The van der Waals surface area contributed by atoms with Crippen molar-refractivity contribution in [1.29, 1.82) is 0 Å². The van der Waals surface area contributed by atoms with Crippen molar-refractivity contribution in [2.24, 2.45) is 11.7 Å². The number of hydrogen-bond donors (Lipinski definition) is 3. The van der Waals surface area contributed by atoms with Gasteiger partial charge in [-0.3, -0.25) is 0 Å². The summed E-state index contributed by atoms with van der Waals surface area (Å²) in [5, 5.41) is 18.7. The molecule has 4 N–H and O–H groups in total. The number of nitrogens with two attached hydrogens (primary N) is 1. The Morgan fingerprint density at radius 1 is 0.850 bits per heavy atom. The minimum absolute atomic E-state index is 0.00639. The molecule has 0 radical (unpaired) electrons. The number of aliphatic hydroxyl groups is 1. The monoisotopic (exact) mass is 555 g/mol. The van der Waals surface area contributed by atoms with E-state index < -0.39 is 12.3 Å². The second kappa shape index (κ2) is 12.8. The van der Waals surface area contributed by atoms with Crippen molar-refractivity contribution in [3.63, 3.8) is 0 Å². The lowest BCUT2D eigenvalue weighted by atomic mass is 9.91. The zero-order valence-corrected chi connectivity index (χ0v) is 23.1. The molecule has 0 unspecified atom stereocenters. The maximum atomic E-state index is 11.2. The zero-order chi connectivity index (χ0) is 28.1. The van der Waals surface area contributed by atoms with Crippen LogP contribution in [0, 0.1) is 5.92 Å². The van der Waals surface area contributed by atoms with Gasteiger partial charge in [-0.25, -0.2) is 4.79 Å². The Labute approximate surface area is 238 Å². The fourth-order valence-corrected chi connectivity index (χ4v) is 5.96. The average molecular weight is 556 g/mol. The number of aliphatic hydroxyl groups excluding tert-OH is 1. The Morgan fingerprint density at radius 3 is 2.20 bits per heavy atom. The third-order valence-electron chi connectivity index (χ3n) is 7.32. The van der Waals surface area contributed by atoms with Crippen LogP contribution in [0.3, 0.4) is 0 Å². The van der Waals surface area contributed by atoms with Crippen LogP contribution in [0.5, 0.6) is 0 Å². The van der Waals surface area contributed by atoms with E-state index in [9.17, 15) is 15.0 Å². The van der Waals surface area contributed by atoms with Gasteiger partial charge < -0.3 is 25.4 Å². The van der Waals surface area contributed by atoms with Crippen molar-refractivity contribution < 1.29 is 24.5 Å². The maximum absolute atomic E-state index is 11.2. The van der Waals surface area contributed by atoms with Gasteiger partial charge in [0.05, 0.1) is 24.4 Å². The molecule has 1 aliphatic rings. The first-order valence-electron chi connectivity index (χ1n) is 13.3. The Balaban J connectivity index is 1.38. The maximum Gasteiger partial charge on any atom is 0.335 e. The molecule has 4 atom stereocenters. The molecule has 7 heteroatoms. The number of thioether (sulfide) groups is 1. The minimum Gasteiger partial charge on any atom is -0.478 e. The fraction of sp³-hybridized carbons (Fsp3) is 0.242. The average Bonchev–Trinajstić information content (AvgIpc) is 3.01. The molecule has 0 spiro atoms. The number of rotatable bonds is 9. The molecular formula is C33H33NO5S. The predicted molar refractivity (Wildman–Crippen MR) is 157 cm³/mol. The van der Waals surface area contributed by atoms with E-state index in [-0.39, 0.29) is 30.3 Å². The van der Waals surface area contributed by atoms with E-state index in [0.29, 0.717) is 12.3 Å². The van der Waals surface area contributed by atoms with Crippen molar-refractivity contribution >= 4 is 17.7 Å². The van der Waals surface area contributed by atoms with Gasteiger partial charge in [0.2, 0.25) is 0 Å². The first-order valence-corrected chi connectivity index (χ1v) is 14.3. The van der Waals surface area contributed by atoms with Gasteiger partial charge in [-0.05, 0) is 58.1 Å². The topological polar surface area (TPSA) is 102 Å². The first-order chi connectivity index (χ1) is 19.4. The Bertz CT molecular complexity index is 1420. The van der Waals surface area contributed by atoms with Crippen LogP contribution in [0.15, 0.2) is 102 Å². The second-order valence-electron chi connectivity index (χ2n) is 9.99. The Kier molecular flexibility index (Phi) is 8.99. The van der Waals surface area contributed by atoms with Gasteiger partial charge in [0.1, 0.15) is 0 Å². The molecular weight excluding hydrogens is 522 g/mol.